The van der Waals surface area contributed by atoms with E-state index in [1.807, 2.05) is 12.1 Å². The summed E-state index contributed by atoms with van der Waals surface area (Å²) in [6.45, 7) is 2.72. The number of benzene rings is 2. The van der Waals surface area contributed by atoms with E-state index < -0.39 is 0 Å². The van der Waals surface area contributed by atoms with Crippen LogP contribution >= 0.6 is 0 Å². The second-order valence-electron chi connectivity index (χ2n) is 5.08. The third-order valence-electron chi connectivity index (χ3n) is 3.47. The normalized spacial score (nSPS) is 11.5. The molecule has 2 rings (SSSR count). The third-order valence-corrected chi connectivity index (χ3v) is 3.47. The van der Waals surface area contributed by atoms with Crippen molar-refractivity contribution >= 4 is 5.57 Å². The molecule has 0 N–H and O–H groups in total. The van der Waals surface area contributed by atoms with Gasteiger partial charge in [-0.25, -0.2) is 0 Å². The zero-order valence-corrected chi connectivity index (χ0v) is 12.9. The van der Waals surface area contributed by atoms with Gasteiger partial charge in [0.05, 0.1) is 13.7 Å². The fourth-order valence-corrected chi connectivity index (χ4v) is 2.19. The minimum Gasteiger partial charge on any atom is -0.497 e. The van der Waals surface area contributed by atoms with Crippen molar-refractivity contribution in [2.24, 2.45) is 0 Å². The summed E-state index contributed by atoms with van der Waals surface area (Å²) >= 11 is 0. The zero-order chi connectivity index (χ0) is 15.1. The Morgan fingerprint density at radius 1 is 0.952 bits per heavy atom. The van der Waals surface area contributed by atoms with Crippen LogP contribution in [0, 0.1) is 6.92 Å². The van der Waals surface area contributed by atoms with Gasteiger partial charge in [0.1, 0.15) is 5.75 Å². The molecular formula is C19H22O2. The number of allylic oxidation sites excluding steroid dienone is 1. The van der Waals surface area contributed by atoms with Crippen LogP contribution < -0.4 is 4.74 Å². The summed E-state index contributed by atoms with van der Waals surface area (Å²) in [5, 5.41) is 0. The van der Waals surface area contributed by atoms with E-state index >= 15 is 0 Å². The molecule has 2 aromatic rings. The van der Waals surface area contributed by atoms with Gasteiger partial charge in [0.15, 0.2) is 0 Å². The van der Waals surface area contributed by atoms with Crippen LogP contribution in [0.1, 0.15) is 16.7 Å². The molecule has 0 radical (unpaired) electrons. The quantitative estimate of drug-likeness (QED) is 0.787. The lowest BCUT2D eigenvalue weighted by Crippen LogP contribution is -1.95. The van der Waals surface area contributed by atoms with Crippen molar-refractivity contribution in [1.29, 1.82) is 0 Å². The molecule has 0 saturated carbocycles. The predicted molar refractivity (Wildman–Crippen MR) is 87.7 cm³/mol. The second kappa shape index (κ2) is 7.65. The van der Waals surface area contributed by atoms with Gasteiger partial charge < -0.3 is 9.47 Å². The molecule has 0 aliphatic carbocycles. The van der Waals surface area contributed by atoms with Crippen LogP contribution in [0.2, 0.25) is 0 Å². The molecule has 0 aliphatic rings. The Morgan fingerprint density at radius 3 is 2.19 bits per heavy atom. The van der Waals surface area contributed by atoms with Crippen LogP contribution in [0.15, 0.2) is 54.6 Å². The van der Waals surface area contributed by atoms with Crippen LogP contribution in [0.5, 0.6) is 5.75 Å². The molecule has 0 saturated heterocycles. The van der Waals surface area contributed by atoms with E-state index in [4.69, 9.17) is 9.47 Å². The topological polar surface area (TPSA) is 18.5 Å². The molecule has 2 heteroatoms. The van der Waals surface area contributed by atoms with Gasteiger partial charge in [0, 0.05) is 7.11 Å². The van der Waals surface area contributed by atoms with Crippen LogP contribution in [0.4, 0.5) is 0 Å². The Bertz CT molecular complexity index is 580. The summed E-state index contributed by atoms with van der Waals surface area (Å²) in [6, 6.07) is 16.7. The van der Waals surface area contributed by atoms with Gasteiger partial charge in [-0.05, 0) is 42.2 Å². The largest absolute Gasteiger partial charge is 0.497 e. The number of hydrogen-bond donors (Lipinski definition) is 0. The Morgan fingerprint density at radius 2 is 1.62 bits per heavy atom. The molecule has 2 nitrogen and oxygen atoms in total. The zero-order valence-electron chi connectivity index (χ0n) is 12.9. The highest BCUT2D eigenvalue weighted by Crippen LogP contribution is 2.18. The van der Waals surface area contributed by atoms with Crippen LogP contribution in [-0.4, -0.2) is 20.8 Å². The average Bonchev–Trinajstić information content (AvgIpc) is 2.53. The average molecular weight is 282 g/mol. The first-order chi connectivity index (χ1) is 10.2. The van der Waals surface area contributed by atoms with Crippen molar-refractivity contribution in [2.45, 2.75) is 13.3 Å². The van der Waals surface area contributed by atoms with Gasteiger partial charge in [0.2, 0.25) is 0 Å². The van der Waals surface area contributed by atoms with Crippen LogP contribution in [0.25, 0.3) is 5.57 Å². The number of methoxy groups -OCH3 is 2. The summed E-state index contributed by atoms with van der Waals surface area (Å²) in [6.07, 6.45) is 3.12. The molecule has 0 atom stereocenters. The SMILES string of the molecule is COC/C(=C/Cc1ccc(OC)cc1)c1ccc(C)cc1. The molecular weight excluding hydrogens is 260 g/mol. The minimum atomic E-state index is 0.624. The van der Waals surface area contributed by atoms with Gasteiger partial charge >= 0.3 is 0 Å². The van der Waals surface area contributed by atoms with Crippen molar-refractivity contribution in [3.05, 3.63) is 71.3 Å². The highest BCUT2D eigenvalue weighted by Gasteiger charge is 2.01. The second-order valence-corrected chi connectivity index (χ2v) is 5.08. The molecule has 0 spiro atoms. The van der Waals surface area contributed by atoms with Gasteiger partial charge in [-0.1, -0.05) is 48.0 Å². The molecule has 0 heterocycles. The molecule has 0 bridgehead atoms. The lowest BCUT2D eigenvalue weighted by atomic mass is 10.0. The number of aryl methyl sites for hydroxylation is 1. The molecule has 110 valence electrons. The van der Waals surface area contributed by atoms with Gasteiger partial charge in [0.25, 0.3) is 0 Å². The van der Waals surface area contributed by atoms with Crippen molar-refractivity contribution in [3.63, 3.8) is 0 Å². The van der Waals surface area contributed by atoms with E-state index in [9.17, 15) is 0 Å². The monoisotopic (exact) mass is 282 g/mol. The minimum absolute atomic E-state index is 0.624. The first-order valence-corrected chi connectivity index (χ1v) is 7.11. The van der Waals surface area contributed by atoms with Crippen molar-refractivity contribution in [2.75, 3.05) is 20.8 Å². The summed E-state index contributed by atoms with van der Waals surface area (Å²) in [4.78, 5) is 0. The summed E-state index contributed by atoms with van der Waals surface area (Å²) in [5.41, 5.74) is 4.96. The molecule has 0 unspecified atom stereocenters. The highest BCUT2D eigenvalue weighted by molar-refractivity contribution is 5.66. The Hall–Kier alpha value is -2.06. The van der Waals surface area contributed by atoms with Gasteiger partial charge in [-0.3, -0.25) is 0 Å². The van der Waals surface area contributed by atoms with Crippen molar-refractivity contribution in [3.8, 4) is 5.75 Å². The Kier molecular flexibility index (Phi) is 5.59. The van der Waals surface area contributed by atoms with Crippen molar-refractivity contribution < 1.29 is 9.47 Å². The fraction of sp³-hybridized carbons (Fsp3) is 0.263. The smallest absolute Gasteiger partial charge is 0.118 e. The highest BCUT2D eigenvalue weighted by atomic mass is 16.5. The maximum absolute atomic E-state index is 5.33. The molecule has 2 aromatic carbocycles. The van der Waals surface area contributed by atoms with Crippen molar-refractivity contribution in [1.82, 2.24) is 0 Å². The predicted octanol–water partition coefficient (Wildman–Crippen LogP) is 4.28. The summed E-state index contributed by atoms with van der Waals surface area (Å²) in [5.74, 6) is 0.887. The number of ether oxygens (including phenoxy) is 2. The maximum atomic E-state index is 5.33. The standard InChI is InChI=1S/C19H22O2/c1-15-4-9-17(10-5-15)18(14-20-2)11-6-16-7-12-19(21-3)13-8-16/h4-5,7-13H,6,14H2,1-3H3/b18-11-. The molecule has 21 heavy (non-hydrogen) atoms. The Labute approximate surface area is 127 Å². The van der Waals surface area contributed by atoms with E-state index in [1.54, 1.807) is 14.2 Å². The van der Waals surface area contributed by atoms with Crippen LogP contribution in [0.3, 0.4) is 0 Å². The first kappa shape index (κ1) is 15.3. The van der Waals surface area contributed by atoms with Gasteiger partial charge in [-0.2, -0.15) is 0 Å². The third kappa shape index (κ3) is 4.47. The fourth-order valence-electron chi connectivity index (χ4n) is 2.19. The summed E-state index contributed by atoms with van der Waals surface area (Å²) < 4.78 is 10.5. The first-order valence-electron chi connectivity index (χ1n) is 7.11. The summed E-state index contributed by atoms with van der Waals surface area (Å²) in [7, 11) is 3.42. The molecule has 0 aliphatic heterocycles. The van der Waals surface area contributed by atoms with E-state index in [-0.39, 0.29) is 0 Å². The number of hydrogen-bond acceptors (Lipinski definition) is 2. The van der Waals surface area contributed by atoms with E-state index in [0.29, 0.717) is 6.61 Å². The van der Waals surface area contributed by atoms with Gasteiger partial charge in [-0.15, -0.1) is 0 Å². The lowest BCUT2D eigenvalue weighted by Gasteiger charge is -2.08. The molecule has 0 fully saturated rings. The van der Waals surface area contributed by atoms with Crippen LogP contribution in [-0.2, 0) is 11.2 Å². The maximum Gasteiger partial charge on any atom is 0.118 e. The van der Waals surface area contributed by atoms with E-state index in [0.717, 1.165) is 12.2 Å². The molecule has 0 amide bonds. The molecule has 0 aromatic heterocycles. The lowest BCUT2D eigenvalue weighted by molar-refractivity contribution is 0.239. The van der Waals surface area contributed by atoms with E-state index in [1.165, 1.54) is 22.3 Å². The van der Waals surface area contributed by atoms with E-state index in [2.05, 4.69) is 49.4 Å². The number of rotatable bonds is 6. The Balaban J connectivity index is 2.14.